The van der Waals surface area contributed by atoms with Gasteiger partial charge in [0.05, 0.1) is 0 Å². The van der Waals surface area contributed by atoms with Crippen LogP contribution in [0.5, 0.6) is 0 Å². The van der Waals surface area contributed by atoms with E-state index < -0.39 is 11.5 Å². The van der Waals surface area contributed by atoms with Crippen molar-refractivity contribution in [3.05, 3.63) is 87.7 Å². The maximum absolute atomic E-state index is 13.2. The third-order valence-electron chi connectivity index (χ3n) is 3.61. The third kappa shape index (κ3) is 3.95. The number of pyridine rings is 1. The fraction of sp³-hybridized carbons (Fsp3) is 0.111. The SMILES string of the molecule is Cn1nccc(C(=O)Nc2ccc(Cc3cccc(F)c3)cn2)c1=O. The molecule has 3 rings (SSSR count). The fourth-order valence-corrected chi connectivity index (χ4v) is 2.35. The number of amides is 1. The summed E-state index contributed by atoms with van der Waals surface area (Å²) in [7, 11) is 1.47. The minimum absolute atomic E-state index is 0.0110. The highest BCUT2D eigenvalue weighted by atomic mass is 19.1. The van der Waals surface area contributed by atoms with Crippen LogP contribution in [0.2, 0.25) is 0 Å². The van der Waals surface area contributed by atoms with Crippen molar-refractivity contribution in [2.75, 3.05) is 5.32 Å². The predicted molar refractivity (Wildman–Crippen MR) is 90.9 cm³/mol. The van der Waals surface area contributed by atoms with Gasteiger partial charge in [-0.05, 0) is 41.8 Å². The molecule has 0 aliphatic heterocycles. The first-order valence-electron chi connectivity index (χ1n) is 7.56. The van der Waals surface area contributed by atoms with Crippen LogP contribution >= 0.6 is 0 Å². The summed E-state index contributed by atoms with van der Waals surface area (Å²) >= 11 is 0. The molecule has 1 aromatic carbocycles. The molecule has 0 fully saturated rings. The molecule has 3 aromatic rings. The lowest BCUT2D eigenvalue weighted by atomic mass is 10.1. The molecule has 0 atom stereocenters. The van der Waals surface area contributed by atoms with Crippen LogP contribution in [-0.4, -0.2) is 20.7 Å². The number of anilines is 1. The summed E-state index contributed by atoms with van der Waals surface area (Å²) in [4.78, 5) is 28.2. The zero-order valence-electron chi connectivity index (χ0n) is 13.4. The van der Waals surface area contributed by atoms with Crippen molar-refractivity contribution in [1.82, 2.24) is 14.8 Å². The highest BCUT2D eigenvalue weighted by Gasteiger charge is 2.12. The first kappa shape index (κ1) is 16.5. The lowest BCUT2D eigenvalue weighted by molar-refractivity contribution is 0.102. The van der Waals surface area contributed by atoms with Gasteiger partial charge in [-0.15, -0.1) is 0 Å². The van der Waals surface area contributed by atoms with Gasteiger partial charge >= 0.3 is 0 Å². The summed E-state index contributed by atoms with van der Waals surface area (Å²) in [6, 6.07) is 11.1. The number of rotatable bonds is 4. The van der Waals surface area contributed by atoms with E-state index in [2.05, 4.69) is 15.4 Å². The maximum Gasteiger partial charge on any atom is 0.279 e. The lowest BCUT2D eigenvalue weighted by Crippen LogP contribution is -2.28. The van der Waals surface area contributed by atoms with Gasteiger partial charge < -0.3 is 5.32 Å². The Morgan fingerprint density at radius 2 is 2.04 bits per heavy atom. The third-order valence-corrected chi connectivity index (χ3v) is 3.61. The summed E-state index contributed by atoms with van der Waals surface area (Å²) < 4.78 is 14.3. The van der Waals surface area contributed by atoms with Crippen LogP contribution in [0.25, 0.3) is 0 Å². The van der Waals surface area contributed by atoms with E-state index >= 15 is 0 Å². The van der Waals surface area contributed by atoms with Crippen LogP contribution in [0.3, 0.4) is 0 Å². The topological polar surface area (TPSA) is 76.9 Å². The molecule has 2 heterocycles. The Labute approximate surface area is 143 Å². The van der Waals surface area contributed by atoms with Gasteiger partial charge in [0.1, 0.15) is 17.2 Å². The molecule has 0 aliphatic rings. The number of hydrogen-bond donors (Lipinski definition) is 1. The zero-order chi connectivity index (χ0) is 17.8. The molecule has 0 unspecified atom stereocenters. The fourth-order valence-electron chi connectivity index (χ4n) is 2.35. The molecule has 0 bridgehead atoms. The first-order valence-corrected chi connectivity index (χ1v) is 7.56. The zero-order valence-corrected chi connectivity index (χ0v) is 13.4. The van der Waals surface area contributed by atoms with Gasteiger partial charge in [-0.25, -0.2) is 14.1 Å². The minimum atomic E-state index is -0.548. The van der Waals surface area contributed by atoms with Gasteiger partial charge in [-0.1, -0.05) is 18.2 Å². The Hall–Kier alpha value is -3.35. The predicted octanol–water partition coefficient (Wildman–Crippen LogP) is 2.16. The highest BCUT2D eigenvalue weighted by molar-refractivity contribution is 6.03. The van der Waals surface area contributed by atoms with Crippen LogP contribution in [0.15, 0.2) is 59.7 Å². The normalized spacial score (nSPS) is 10.5. The van der Waals surface area contributed by atoms with Crippen LogP contribution in [-0.2, 0) is 13.5 Å². The number of aromatic nitrogens is 3. The molecule has 0 saturated heterocycles. The molecular formula is C18H15FN4O2. The summed E-state index contributed by atoms with van der Waals surface area (Å²) in [5.74, 6) is -0.506. The van der Waals surface area contributed by atoms with Crippen molar-refractivity contribution in [1.29, 1.82) is 0 Å². The Morgan fingerprint density at radius 1 is 1.20 bits per heavy atom. The Kier molecular flexibility index (Phi) is 4.65. The van der Waals surface area contributed by atoms with E-state index in [1.165, 1.54) is 31.4 Å². The van der Waals surface area contributed by atoms with E-state index in [0.29, 0.717) is 12.2 Å². The molecule has 1 N–H and O–H groups in total. The summed E-state index contributed by atoms with van der Waals surface area (Å²) in [5.41, 5.74) is 1.22. The lowest BCUT2D eigenvalue weighted by Gasteiger charge is -2.06. The maximum atomic E-state index is 13.2. The first-order chi connectivity index (χ1) is 12.0. The van der Waals surface area contributed by atoms with E-state index in [1.54, 1.807) is 24.4 Å². The van der Waals surface area contributed by atoms with Crippen molar-refractivity contribution < 1.29 is 9.18 Å². The quantitative estimate of drug-likeness (QED) is 0.791. The summed E-state index contributed by atoms with van der Waals surface area (Å²) in [6.45, 7) is 0. The average molecular weight is 338 g/mol. The van der Waals surface area contributed by atoms with Gasteiger partial charge in [0.15, 0.2) is 0 Å². The number of halogens is 1. The molecule has 1 amide bonds. The standard InChI is InChI=1S/C18H15FN4O2/c1-23-18(25)15(7-8-21-23)17(24)22-16-6-5-13(11-20-16)9-12-3-2-4-14(19)10-12/h2-8,10-11H,9H2,1H3,(H,20,22,24). The number of nitrogens with one attached hydrogen (secondary N) is 1. The molecular weight excluding hydrogens is 323 g/mol. The van der Waals surface area contributed by atoms with Gasteiger partial charge in [0, 0.05) is 19.4 Å². The van der Waals surface area contributed by atoms with Gasteiger partial charge in [-0.3, -0.25) is 9.59 Å². The average Bonchev–Trinajstić information content (AvgIpc) is 2.59. The van der Waals surface area contributed by atoms with E-state index in [0.717, 1.165) is 15.8 Å². The van der Waals surface area contributed by atoms with Crippen molar-refractivity contribution in [2.45, 2.75) is 6.42 Å². The van der Waals surface area contributed by atoms with Crippen LogP contribution in [0, 0.1) is 5.82 Å². The molecule has 2 aromatic heterocycles. The number of benzene rings is 1. The second-order valence-electron chi connectivity index (χ2n) is 5.49. The monoisotopic (exact) mass is 338 g/mol. The second kappa shape index (κ2) is 7.04. The number of carbonyl (C=O) groups excluding carboxylic acids is 1. The number of carbonyl (C=O) groups is 1. The molecule has 0 radical (unpaired) electrons. The molecule has 0 saturated carbocycles. The molecule has 126 valence electrons. The van der Waals surface area contributed by atoms with Gasteiger partial charge in [0.25, 0.3) is 11.5 Å². The molecule has 25 heavy (non-hydrogen) atoms. The highest BCUT2D eigenvalue weighted by Crippen LogP contribution is 2.12. The Morgan fingerprint density at radius 3 is 2.76 bits per heavy atom. The summed E-state index contributed by atoms with van der Waals surface area (Å²) in [5, 5.41) is 6.34. The number of aryl methyl sites for hydroxylation is 1. The largest absolute Gasteiger partial charge is 0.306 e. The van der Waals surface area contributed by atoms with Crippen LogP contribution in [0.1, 0.15) is 21.5 Å². The molecule has 0 aliphatic carbocycles. The van der Waals surface area contributed by atoms with E-state index in [-0.39, 0.29) is 11.4 Å². The van der Waals surface area contributed by atoms with Crippen molar-refractivity contribution >= 4 is 11.7 Å². The van der Waals surface area contributed by atoms with Gasteiger partial charge in [0.2, 0.25) is 0 Å². The van der Waals surface area contributed by atoms with E-state index in [4.69, 9.17) is 0 Å². The molecule has 6 nitrogen and oxygen atoms in total. The van der Waals surface area contributed by atoms with Gasteiger partial charge in [-0.2, -0.15) is 5.10 Å². The summed E-state index contributed by atoms with van der Waals surface area (Å²) in [6.07, 6.45) is 3.51. The van der Waals surface area contributed by atoms with E-state index in [9.17, 15) is 14.0 Å². The molecule has 0 spiro atoms. The van der Waals surface area contributed by atoms with Crippen LogP contribution in [0.4, 0.5) is 10.2 Å². The smallest absolute Gasteiger partial charge is 0.279 e. The van der Waals surface area contributed by atoms with Crippen molar-refractivity contribution in [3.63, 3.8) is 0 Å². The molecule has 7 heteroatoms. The minimum Gasteiger partial charge on any atom is -0.306 e. The number of nitrogens with zero attached hydrogens (tertiary/aromatic N) is 3. The van der Waals surface area contributed by atoms with Crippen molar-refractivity contribution in [2.24, 2.45) is 7.05 Å². The van der Waals surface area contributed by atoms with Crippen molar-refractivity contribution in [3.8, 4) is 0 Å². The Bertz CT molecular complexity index is 967. The number of hydrogen-bond acceptors (Lipinski definition) is 4. The van der Waals surface area contributed by atoms with E-state index in [1.807, 2.05) is 6.07 Å². The Balaban J connectivity index is 1.71. The second-order valence-corrected chi connectivity index (χ2v) is 5.49. The van der Waals surface area contributed by atoms with Crippen LogP contribution < -0.4 is 10.9 Å².